The standard InChI is InChI=1S/C30H28N4O4S/c1-19-6-12-22(13-7-19)32-26(35)16-18-34-28(27(33-30(34)39)23-5-3-4-17-31-23)25-15-14-24(38-25)20-8-10-21(11-9-20)29(36)37-2/h3-15,17,27-28H,16,18H2,1-2H3,(H,32,35)(H,33,39)/t27-,28+/m0/s1. The molecule has 0 aliphatic carbocycles. The molecular formula is C30H28N4O4S. The third-order valence-electron chi connectivity index (χ3n) is 6.62. The van der Waals surface area contributed by atoms with Crippen molar-refractivity contribution in [2.45, 2.75) is 25.4 Å². The second kappa shape index (κ2) is 11.5. The molecule has 39 heavy (non-hydrogen) atoms. The van der Waals surface area contributed by atoms with E-state index in [9.17, 15) is 9.59 Å². The van der Waals surface area contributed by atoms with Gasteiger partial charge in [-0.05, 0) is 67.7 Å². The molecule has 5 rings (SSSR count). The summed E-state index contributed by atoms with van der Waals surface area (Å²) < 4.78 is 11.1. The van der Waals surface area contributed by atoms with Crippen molar-refractivity contribution in [3.05, 3.63) is 108 Å². The minimum atomic E-state index is -0.396. The van der Waals surface area contributed by atoms with Crippen molar-refractivity contribution in [3.8, 4) is 11.3 Å². The van der Waals surface area contributed by atoms with Crippen molar-refractivity contribution in [1.29, 1.82) is 0 Å². The topological polar surface area (TPSA) is 96.7 Å². The number of anilines is 1. The third-order valence-corrected chi connectivity index (χ3v) is 6.97. The number of pyridine rings is 1. The van der Waals surface area contributed by atoms with E-state index in [1.54, 1.807) is 18.3 Å². The zero-order valence-electron chi connectivity index (χ0n) is 21.6. The second-order valence-electron chi connectivity index (χ2n) is 9.26. The zero-order chi connectivity index (χ0) is 27.4. The van der Waals surface area contributed by atoms with Crippen LogP contribution in [0.4, 0.5) is 5.69 Å². The van der Waals surface area contributed by atoms with Crippen molar-refractivity contribution >= 4 is 34.9 Å². The summed E-state index contributed by atoms with van der Waals surface area (Å²) in [5.74, 6) is 0.833. The lowest BCUT2D eigenvalue weighted by molar-refractivity contribution is -0.116. The number of thiocarbonyl (C=S) groups is 1. The Morgan fingerprint density at radius 2 is 1.82 bits per heavy atom. The molecule has 2 atom stereocenters. The first kappa shape index (κ1) is 26.1. The lowest BCUT2D eigenvalue weighted by atomic mass is 10.0. The number of ether oxygens (including phenoxy) is 1. The molecule has 2 N–H and O–H groups in total. The number of esters is 1. The Morgan fingerprint density at radius 1 is 1.05 bits per heavy atom. The summed E-state index contributed by atoms with van der Waals surface area (Å²) in [5, 5.41) is 6.85. The number of nitrogens with zero attached hydrogens (tertiary/aromatic N) is 2. The first-order valence-corrected chi connectivity index (χ1v) is 13.0. The molecule has 1 amide bonds. The summed E-state index contributed by atoms with van der Waals surface area (Å²) in [6.07, 6.45) is 1.98. The molecular weight excluding hydrogens is 512 g/mol. The fraction of sp³-hybridized carbons (Fsp3) is 0.200. The minimum Gasteiger partial charge on any atom is -0.465 e. The van der Waals surface area contributed by atoms with Gasteiger partial charge in [0, 0.05) is 30.4 Å². The molecule has 1 aliphatic heterocycles. The molecule has 1 aliphatic rings. The van der Waals surface area contributed by atoms with Crippen LogP contribution in [0.25, 0.3) is 11.3 Å². The minimum absolute atomic E-state index is 0.104. The highest BCUT2D eigenvalue weighted by atomic mass is 32.1. The lowest BCUT2D eigenvalue weighted by Crippen LogP contribution is -2.32. The Morgan fingerprint density at radius 3 is 2.51 bits per heavy atom. The van der Waals surface area contributed by atoms with Gasteiger partial charge in [0.2, 0.25) is 5.91 Å². The van der Waals surface area contributed by atoms with Crippen LogP contribution in [0.15, 0.2) is 89.5 Å². The molecule has 1 saturated heterocycles. The third kappa shape index (κ3) is 5.83. The number of hydrogen-bond donors (Lipinski definition) is 2. The van der Waals surface area contributed by atoms with Crippen molar-refractivity contribution in [1.82, 2.24) is 15.2 Å². The first-order chi connectivity index (χ1) is 18.9. The maximum atomic E-state index is 12.8. The van der Waals surface area contributed by atoms with E-state index >= 15 is 0 Å². The molecule has 9 heteroatoms. The summed E-state index contributed by atoms with van der Waals surface area (Å²) in [4.78, 5) is 31.1. The number of aromatic nitrogens is 1. The normalized spacial score (nSPS) is 16.6. The Balaban J connectivity index is 1.38. The van der Waals surface area contributed by atoms with Gasteiger partial charge in [-0.2, -0.15) is 0 Å². The van der Waals surface area contributed by atoms with Crippen LogP contribution in [-0.4, -0.2) is 40.5 Å². The molecule has 2 aromatic carbocycles. The van der Waals surface area contributed by atoms with Crippen LogP contribution in [0, 0.1) is 6.92 Å². The van der Waals surface area contributed by atoms with Gasteiger partial charge in [0.1, 0.15) is 17.6 Å². The molecule has 3 heterocycles. The van der Waals surface area contributed by atoms with Crippen LogP contribution in [-0.2, 0) is 9.53 Å². The molecule has 0 unspecified atom stereocenters. The number of hydrogen-bond acceptors (Lipinski definition) is 6. The summed E-state index contributed by atoms with van der Waals surface area (Å²) in [7, 11) is 1.35. The summed E-state index contributed by atoms with van der Waals surface area (Å²) in [6.45, 7) is 2.39. The van der Waals surface area contributed by atoms with Gasteiger partial charge in [-0.25, -0.2) is 4.79 Å². The fourth-order valence-electron chi connectivity index (χ4n) is 4.59. The highest BCUT2D eigenvalue weighted by Gasteiger charge is 2.41. The van der Waals surface area contributed by atoms with E-state index < -0.39 is 5.97 Å². The SMILES string of the molecule is COC(=O)c1ccc(-c2ccc([C@@H]3[C@H](c4ccccn4)NC(=S)N3CCC(=O)Nc3ccc(C)cc3)o2)cc1. The number of benzene rings is 2. The monoisotopic (exact) mass is 540 g/mol. The molecule has 0 spiro atoms. The van der Waals surface area contributed by atoms with Gasteiger partial charge in [0.05, 0.1) is 24.4 Å². The summed E-state index contributed by atoms with van der Waals surface area (Å²) >= 11 is 5.71. The molecule has 2 aromatic heterocycles. The van der Waals surface area contributed by atoms with E-state index in [2.05, 4.69) is 15.6 Å². The number of methoxy groups -OCH3 is 1. The molecule has 4 aromatic rings. The number of rotatable bonds is 8. The van der Waals surface area contributed by atoms with E-state index in [1.807, 2.05) is 78.6 Å². The summed E-state index contributed by atoms with van der Waals surface area (Å²) in [6, 6.07) is 23.7. The van der Waals surface area contributed by atoms with E-state index in [0.29, 0.717) is 28.7 Å². The smallest absolute Gasteiger partial charge is 0.337 e. The van der Waals surface area contributed by atoms with Crippen LogP contribution in [0.2, 0.25) is 0 Å². The van der Waals surface area contributed by atoms with Crippen LogP contribution in [0.1, 0.15) is 45.9 Å². The largest absolute Gasteiger partial charge is 0.465 e. The van der Waals surface area contributed by atoms with E-state index in [-0.39, 0.29) is 24.4 Å². The van der Waals surface area contributed by atoms with Crippen molar-refractivity contribution in [3.63, 3.8) is 0 Å². The van der Waals surface area contributed by atoms with Gasteiger partial charge in [0.15, 0.2) is 5.11 Å². The highest BCUT2D eigenvalue weighted by molar-refractivity contribution is 7.80. The van der Waals surface area contributed by atoms with Crippen molar-refractivity contribution in [2.75, 3.05) is 19.0 Å². The van der Waals surface area contributed by atoms with Gasteiger partial charge in [-0.15, -0.1) is 0 Å². The fourth-order valence-corrected chi connectivity index (χ4v) is 4.92. The van der Waals surface area contributed by atoms with Gasteiger partial charge >= 0.3 is 5.97 Å². The second-order valence-corrected chi connectivity index (χ2v) is 9.64. The zero-order valence-corrected chi connectivity index (χ0v) is 22.4. The van der Waals surface area contributed by atoms with E-state index in [0.717, 1.165) is 22.5 Å². The van der Waals surface area contributed by atoms with Crippen molar-refractivity contribution in [2.24, 2.45) is 0 Å². The molecule has 0 radical (unpaired) electrons. The average Bonchev–Trinajstić information content (AvgIpc) is 3.58. The Kier molecular flexibility index (Phi) is 7.69. The molecule has 8 nitrogen and oxygen atoms in total. The molecule has 1 fully saturated rings. The lowest BCUT2D eigenvalue weighted by Gasteiger charge is -2.25. The number of aryl methyl sites for hydroxylation is 1. The van der Waals surface area contributed by atoms with E-state index in [1.165, 1.54) is 7.11 Å². The number of nitrogens with one attached hydrogen (secondary N) is 2. The average molecular weight is 541 g/mol. The maximum absolute atomic E-state index is 12.8. The number of carbonyl (C=O) groups excluding carboxylic acids is 2. The quantitative estimate of drug-likeness (QED) is 0.225. The first-order valence-electron chi connectivity index (χ1n) is 12.6. The van der Waals surface area contributed by atoms with Gasteiger partial charge in [-0.1, -0.05) is 35.9 Å². The highest BCUT2D eigenvalue weighted by Crippen LogP contribution is 2.40. The Labute approximate surface area is 232 Å². The van der Waals surface area contributed by atoms with Gasteiger partial charge in [-0.3, -0.25) is 9.78 Å². The maximum Gasteiger partial charge on any atom is 0.337 e. The predicted octanol–water partition coefficient (Wildman–Crippen LogP) is 5.44. The van der Waals surface area contributed by atoms with Gasteiger partial charge < -0.3 is 24.7 Å². The van der Waals surface area contributed by atoms with Crippen LogP contribution >= 0.6 is 12.2 Å². The predicted molar refractivity (Wildman–Crippen MR) is 152 cm³/mol. The van der Waals surface area contributed by atoms with Crippen LogP contribution in [0.3, 0.4) is 0 Å². The number of carbonyl (C=O) groups is 2. The Bertz CT molecular complexity index is 1470. The van der Waals surface area contributed by atoms with Crippen LogP contribution in [0.5, 0.6) is 0 Å². The number of furan rings is 1. The molecule has 198 valence electrons. The molecule has 0 saturated carbocycles. The Hall–Kier alpha value is -4.50. The van der Waals surface area contributed by atoms with E-state index in [4.69, 9.17) is 21.4 Å². The van der Waals surface area contributed by atoms with Crippen molar-refractivity contribution < 1.29 is 18.7 Å². The summed E-state index contributed by atoms with van der Waals surface area (Å²) in [5.41, 5.74) is 3.98. The number of amides is 1. The molecule has 0 bridgehead atoms. The van der Waals surface area contributed by atoms with Gasteiger partial charge in [0.25, 0.3) is 0 Å². The van der Waals surface area contributed by atoms with Crippen LogP contribution < -0.4 is 10.6 Å².